The van der Waals surface area contributed by atoms with Gasteiger partial charge in [0.1, 0.15) is 17.4 Å². The fraction of sp³-hybridized carbons (Fsp3) is 0.333. The van der Waals surface area contributed by atoms with E-state index in [1.165, 1.54) is 6.07 Å². The quantitative estimate of drug-likeness (QED) is 0.629. The van der Waals surface area contributed by atoms with Gasteiger partial charge in [-0.25, -0.2) is 9.37 Å². The van der Waals surface area contributed by atoms with Crippen molar-refractivity contribution in [2.75, 3.05) is 18.0 Å². The Kier molecular flexibility index (Phi) is 5.10. The Bertz CT molecular complexity index is 1140. The van der Waals surface area contributed by atoms with Gasteiger partial charge in [-0.2, -0.15) is 0 Å². The van der Waals surface area contributed by atoms with Crippen molar-refractivity contribution in [1.29, 1.82) is 0 Å². The van der Waals surface area contributed by atoms with Gasteiger partial charge in [0.05, 0.1) is 11.4 Å². The number of carboxylic acids is 1. The molecule has 0 amide bonds. The number of nitrogens with zero attached hydrogens (tertiary/aromatic N) is 2. The van der Waals surface area contributed by atoms with Crippen LogP contribution in [0.3, 0.4) is 0 Å². The van der Waals surface area contributed by atoms with Gasteiger partial charge in [0.25, 0.3) is 0 Å². The van der Waals surface area contributed by atoms with E-state index in [2.05, 4.69) is 13.8 Å². The zero-order valence-corrected chi connectivity index (χ0v) is 17.3. The molecule has 1 saturated heterocycles. The van der Waals surface area contributed by atoms with Crippen molar-refractivity contribution in [2.45, 2.75) is 33.1 Å². The number of aryl methyl sites for hydroxylation is 1. The van der Waals surface area contributed by atoms with Crippen LogP contribution in [0, 0.1) is 18.7 Å². The topological polar surface area (TPSA) is 73.7 Å². The lowest BCUT2D eigenvalue weighted by Crippen LogP contribution is -2.25. The van der Waals surface area contributed by atoms with Crippen molar-refractivity contribution >= 4 is 22.7 Å². The number of carboxylic acid groups (broad SMARTS) is 1. The van der Waals surface area contributed by atoms with Crippen LogP contribution in [-0.2, 0) is 4.79 Å². The zero-order valence-electron chi connectivity index (χ0n) is 17.3. The smallest absolute Gasteiger partial charge is 0.308 e. The van der Waals surface area contributed by atoms with Crippen LogP contribution in [0.5, 0.6) is 5.75 Å². The van der Waals surface area contributed by atoms with E-state index in [1.807, 2.05) is 17.0 Å². The van der Waals surface area contributed by atoms with Gasteiger partial charge in [-0.3, -0.25) is 4.79 Å². The highest BCUT2D eigenvalue weighted by Gasteiger charge is 2.32. The Morgan fingerprint density at radius 3 is 2.63 bits per heavy atom. The molecule has 6 heteroatoms. The zero-order chi connectivity index (χ0) is 21.6. The van der Waals surface area contributed by atoms with Crippen LogP contribution in [0.2, 0.25) is 0 Å². The minimum absolute atomic E-state index is 0.106. The molecular weight excluding hydrogens is 383 g/mol. The SMILES string of the molecule is Cc1cc(-c2c(C(C)C)c(N3CC[C@@H](C(=O)O)C3)nc3cc(O)ccc23)ccc1F. The summed E-state index contributed by atoms with van der Waals surface area (Å²) in [4.78, 5) is 18.4. The summed E-state index contributed by atoms with van der Waals surface area (Å²) in [6, 6.07) is 10.2. The number of phenolic OH excluding ortho intramolecular Hbond substituents is 1. The summed E-state index contributed by atoms with van der Waals surface area (Å²) >= 11 is 0. The standard InChI is InChI=1S/C24H25FN2O3/c1-13(2)21-22(15-4-7-19(25)14(3)10-15)18-6-5-17(28)11-20(18)26-23(21)27-9-8-16(12-27)24(29)30/h4-7,10-11,13,16,28H,8-9,12H2,1-3H3,(H,29,30)/t16-/m1/s1. The van der Waals surface area contributed by atoms with Crippen molar-refractivity contribution in [3.05, 3.63) is 53.3 Å². The summed E-state index contributed by atoms with van der Waals surface area (Å²) in [5, 5.41) is 20.4. The predicted octanol–water partition coefficient (Wildman–Crippen LogP) is 5.09. The van der Waals surface area contributed by atoms with E-state index in [0.29, 0.717) is 30.6 Å². The Morgan fingerprint density at radius 2 is 2.00 bits per heavy atom. The van der Waals surface area contributed by atoms with Gasteiger partial charge in [0, 0.05) is 30.1 Å². The fourth-order valence-corrected chi connectivity index (χ4v) is 4.31. The molecule has 1 aliphatic rings. The highest BCUT2D eigenvalue weighted by atomic mass is 19.1. The van der Waals surface area contributed by atoms with Crippen molar-refractivity contribution in [3.63, 3.8) is 0 Å². The molecule has 1 aromatic heterocycles. The molecule has 1 atom stereocenters. The molecule has 2 N–H and O–H groups in total. The average molecular weight is 408 g/mol. The molecule has 0 radical (unpaired) electrons. The second-order valence-corrected chi connectivity index (χ2v) is 8.31. The maximum atomic E-state index is 14.0. The van der Waals surface area contributed by atoms with E-state index in [-0.39, 0.29) is 17.5 Å². The summed E-state index contributed by atoms with van der Waals surface area (Å²) in [6.07, 6.45) is 0.567. The third-order valence-corrected chi connectivity index (χ3v) is 5.85. The molecule has 30 heavy (non-hydrogen) atoms. The lowest BCUT2D eigenvalue weighted by Gasteiger charge is -2.26. The van der Waals surface area contributed by atoms with Crippen LogP contribution in [0.25, 0.3) is 22.0 Å². The molecule has 0 aliphatic carbocycles. The first-order valence-corrected chi connectivity index (χ1v) is 10.2. The number of hydrogen-bond acceptors (Lipinski definition) is 4. The highest BCUT2D eigenvalue weighted by Crippen LogP contribution is 2.42. The number of rotatable bonds is 4. The third-order valence-electron chi connectivity index (χ3n) is 5.85. The number of aromatic hydroxyl groups is 1. The first-order valence-electron chi connectivity index (χ1n) is 10.2. The number of pyridine rings is 1. The first-order chi connectivity index (χ1) is 14.3. The summed E-state index contributed by atoms with van der Waals surface area (Å²) in [7, 11) is 0. The van der Waals surface area contributed by atoms with Gasteiger partial charge in [-0.05, 0) is 60.2 Å². The molecule has 5 nitrogen and oxygen atoms in total. The van der Waals surface area contributed by atoms with E-state index in [0.717, 1.165) is 27.9 Å². The largest absolute Gasteiger partial charge is 0.508 e. The van der Waals surface area contributed by atoms with Crippen LogP contribution < -0.4 is 4.90 Å². The lowest BCUT2D eigenvalue weighted by molar-refractivity contribution is -0.140. The molecular formula is C24H25FN2O3. The van der Waals surface area contributed by atoms with Gasteiger partial charge < -0.3 is 15.1 Å². The van der Waals surface area contributed by atoms with Gasteiger partial charge in [-0.15, -0.1) is 0 Å². The van der Waals surface area contributed by atoms with E-state index < -0.39 is 11.9 Å². The van der Waals surface area contributed by atoms with E-state index in [1.54, 1.807) is 25.1 Å². The molecule has 1 aliphatic heterocycles. The number of anilines is 1. The van der Waals surface area contributed by atoms with Gasteiger partial charge >= 0.3 is 5.97 Å². The molecule has 3 aromatic rings. The molecule has 2 heterocycles. The van der Waals surface area contributed by atoms with Crippen molar-refractivity contribution in [2.24, 2.45) is 5.92 Å². The fourth-order valence-electron chi connectivity index (χ4n) is 4.31. The maximum absolute atomic E-state index is 14.0. The third kappa shape index (κ3) is 3.47. The molecule has 0 saturated carbocycles. The van der Waals surface area contributed by atoms with Crippen LogP contribution in [0.15, 0.2) is 36.4 Å². The number of halogens is 1. The Morgan fingerprint density at radius 1 is 1.23 bits per heavy atom. The average Bonchev–Trinajstić information content (AvgIpc) is 3.19. The number of phenols is 1. The van der Waals surface area contributed by atoms with Gasteiger partial charge in [-0.1, -0.05) is 19.9 Å². The number of aliphatic carboxylic acids is 1. The van der Waals surface area contributed by atoms with Crippen molar-refractivity contribution in [3.8, 4) is 16.9 Å². The summed E-state index contributed by atoms with van der Waals surface area (Å²) < 4.78 is 14.0. The monoisotopic (exact) mass is 408 g/mol. The van der Waals surface area contributed by atoms with E-state index in [9.17, 15) is 19.4 Å². The van der Waals surface area contributed by atoms with Crippen LogP contribution in [-0.4, -0.2) is 34.3 Å². The minimum atomic E-state index is -0.795. The minimum Gasteiger partial charge on any atom is -0.508 e. The van der Waals surface area contributed by atoms with E-state index in [4.69, 9.17) is 4.98 Å². The normalized spacial score (nSPS) is 16.6. The first kappa shape index (κ1) is 20.1. The summed E-state index contributed by atoms with van der Waals surface area (Å²) in [6.45, 7) is 6.90. The molecule has 4 rings (SSSR count). The second-order valence-electron chi connectivity index (χ2n) is 8.31. The van der Waals surface area contributed by atoms with Crippen LogP contribution in [0.1, 0.15) is 37.3 Å². The Labute approximate surface area is 174 Å². The second kappa shape index (κ2) is 7.59. The van der Waals surface area contributed by atoms with Gasteiger partial charge in [0.15, 0.2) is 0 Å². The van der Waals surface area contributed by atoms with Gasteiger partial charge in [0.2, 0.25) is 0 Å². The molecule has 1 fully saturated rings. The molecule has 0 bridgehead atoms. The Balaban J connectivity index is 2.01. The molecule has 0 spiro atoms. The lowest BCUT2D eigenvalue weighted by atomic mass is 9.89. The molecule has 2 aromatic carbocycles. The molecule has 0 unspecified atom stereocenters. The number of carbonyl (C=O) groups is 1. The number of fused-ring (bicyclic) bond motifs is 1. The number of benzene rings is 2. The van der Waals surface area contributed by atoms with Crippen LogP contribution in [0.4, 0.5) is 10.2 Å². The summed E-state index contributed by atoms with van der Waals surface area (Å²) in [5.74, 6) is -0.521. The predicted molar refractivity (Wildman–Crippen MR) is 116 cm³/mol. The van der Waals surface area contributed by atoms with Crippen molar-refractivity contribution < 1.29 is 19.4 Å². The number of aromatic nitrogens is 1. The molecule has 156 valence electrons. The number of hydrogen-bond donors (Lipinski definition) is 2. The highest BCUT2D eigenvalue weighted by molar-refractivity contribution is 5.99. The van der Waals surface area contributed by atoms with Crippen molar-refractivity contribution in [1.82, 2.24) is 4.98 Å². The van der Waals surface area contributed by atoms with Crippen LogP contribution >= 0.6 is 0 Å². The maximum Gasteiger partial charge on any atom is 0.308 e. The van der Waals surface area contributed by atoms with E-state index >= 15 is 0 Å². The summed E-state index contributed by atoms with van der Waals surface area (Å²) in [5.41, 5.74) is 4.02. The Hall–Kier alpha value is -3.15.